The highest BCUT2D eigenvalue weighted by atomic mass is 16.3. The van der Waals surface area contributed by atoms with Crippen molar-refractivity contribution in [2.45, 2.75) is 50.7 Å². The van der Waals surface area contributed by atoms with Gasteiger partial charge in [-0.25, -0.2) is 9.97 Å². The second-order valence-electron chi connectivity index (χ2n) is 6.23. The fourth-order valence-corrected chi connectivity index (χ4v) is 3.02. The lowest BCUT2D eigenvalue weighted by Crippen LogP contribution is -2.38. The van der Waals surface area contributed by atoms with Crippen molar-refractivity contribution >= 4 is 5.91 Å². The zero-order valence-electron chi connectivity index (χ0n) is 13.1. The van der Waals surface area contributed by atoms with E-state index < -0.39 is 5.60 Å². The molecule has 0 bridgehead atoms. The van der Waals surface area contributed by atoms with Crippen LogP contribution in [0.2, 0.25) is 0 Å². The van der Waals surface area contributed by atoms with Crippen molar-refractivity contribution in [3.8, 4) is 5.82 Å². The van der Waals surface area contributed by atoms with Crippen molar-refractivity contribution in [2.75, 3.05) is 0 Å². The van der Waals surface area contributed by atoms with Crippen molar-refractivity contribution in [3.63, 3.8) is 0 Å². The predicted octanol–water partition coefficient (Wildman–Crippen LogP) is 1.97. The molecule has 1 fully saturated rings. The van der Waals surface area contributed by atoms with Gasteiger partial charge < -0.3 is 10.4 Å². The fourth-order valence-electron chi connectivity index (χ4n) is 3.02. The summed E-state index contributed by atoms with van der Waals surface area (Å²) < 4.78 is 1.82. The van der Waals surface area contributed by atoms with E-state index in [9.17, 15) is 9.90 Å². The maximum absolute atomic E-state index is 12.0. The van der Waals surface area contributed by atoms with Crippen LogP contribution in [0.15, 0.2) is 37.1 Å². The molecule has 6 heteroatoms. The molecule has 1 aliphatic carbocycles. The van der Waals surface area contributed by atoms with E-state index in [1.807, 2.05) is 22.9 Å². The molecule has 1 saturated carbocycles. The van der Waals surface area contributed by atoms with Crippen molar-refractivity contribution in [3.05, 3.63) is 42.6 Å². The van der Waals surface area contributed by atoms with Crippen LogP contribution < -0.4 is 5.32 Å². The molecule has 0 aliphatic heterocycles. The number of aliphatic hydroxyl groups is 1. The summed E-state index contributed by atoms with van der Waals surface area (Å²) in [5.74, 6) is 0.683. The molecule has 0 aromatic carbocycles. The molecule has 1 aliphatic rings. The molecule has 0 radical (unpaired) electrons. The van der Waals surface area contributed by atoms with Gasteiger partial charge in [0.1, 0.15) is 12.1 Å². The first-order valence-corrected chi connectivity index (χ1v) is 8.07. The number of pyridine rings is 1. The zero-order chi connectivity index (χ0) is 16.1. The average molecular weight is 314 g/mol. The van der Waals surface area contributed by atoms with Gasteiger partial charge in [0, 0.05) is 25.1 Å². The van der Waals surface area contributed by atoms with Crippen LogP contribution >= 0.6 is 0 Å². The largest absolute Gasteiger partial charge is 0.389 e. The lowest BCUT2D eigenvalue weighted by atomic mass is 9.82. The van der Waals surface area contributed by atoms with E-state index in [2.05, 4.69) is 15.3 Å². The molecule has 2 heterocycles. The molecule has 6 nitrogen and oxygen atoms in total. The SMILES string of the molecule is O=C(CC1(O)CCCCC1)NCc1ccc(-n2ccnc2)nc1. The van der Waals surface area contributed by atoms with Crippen LogP contribution in [0.3, 0.4) is 0 Å². The lowest BCUT2D eigenvalue weighted by molar-refractivity contribution is -0.127. The Morgan fingerprint density at radius 1 is 1.30 bits per heavy atom. The number of carbonyl (C=O) groups excluding carboxylic acids is 1. The molecule has 2 N–H and O–H groups in total. The Labute approximate surface area is 135 Å². The summed E-state index contributed by atoms with van der Waals surface area (Å²) in [4.78, 5) is 20.4. The number of carbonyl (C=O) groups is 1. The minimum Gasteiger partial charge on any atom is -0.389 e. The van der Waals surface area contributed by atoms with Gasteiger partial charge in [-0.05, 0) is 24.5 Å². The number of hydrogen-bond acceptors (Lipinski definition) is 4. The van der Waals surface area contributed by atoms with Crippen molar-refractivity contribution in [1.29, 1.82) is 0 Å². The van der Waals surface area contributed by atoms with Gasteiger partial charge in [0.05, 0.1) is 12.0 Å². The number of aromatic nitrogens is 3. The van der Waals surface area contributed by atoms with Crippen LogP contribution in [0, 0.1) is 0 Å². The molecule has 122 valence electrons. The Morgan fingerprint density at radius 3 is 2.78 bits per heavy atom. The number of rotatable bonds is 5. The second kappa shape index (κ2) is 6.91. The minimum absolute atomic E-state index is 0.104. The van der Waals surface area contributed by atoms with Gasteiger partial charge in [-0.1, -0.05) is 25.3 Å². The molecule has 3 rings (SSSR count). The van der Waals surface area contributed by atoms with E-state index in [4.69, 9.17) is 0 Å². The Hall–Kier alpha value is -2.21. The second-order valence-corrected chi connectivity index (χ2v) is 6.23. The molecule has 0 atom stereocenters. The summed E-state index contributed by atoms with van der Waals surface area (Å²) in [7, 11) is 0. The Balaban J connectivity index is 1.51. The van der Waals surface area contributed by atoms with Crippen LogP contribution in [-0.4, -0.2) is 31.1 Å². The quantitative estimate of drug-likeness (QED) is 0.884. The molecular weight excluding hydrogens is 292 g/mol. The number of nitrogens with zero attached hydrogens (tertiary/aromatic N) is 3. The van der Waals surface area contributed by atoms with Gasteiger partial charge in [0.25, 0.3) is 0 Å². The van der Waals surface area contributed by atoms with Gasteiger partial charge in [-0.15, -0.1) is 0 Å². The molecule has 2 aromatic heterocycles. The number of amides is 1. The van der Waals surface area contributed by atoms with Crippen LogP contribution in [0.25, 0.3) is 5.82 Å². The van der Waals surface area contributed by atoms with Gasteiger partial charge in [0.15, 0.2) is 0 Å². The van der Waals surface area contributed by atoms with Crippen LogP contribution in [-0.2, 0) is 11.3 Å². The maximum atomic E-state index is 12.0. The minimum atomic E-state index is -0.814. The van der Waals surface area contributed by atoms with Gasteiger partial charge in [-0.3, -0.25) is 9.36 Å². The molecular formula is C17H22N4O2. The first kappa shape index (κ1) is 15.7. The number of hydrogen-bond donors (Lipinski definition) is 2. The van der Waals surface area contributed by atoms with Gasteiger partial charge in [-0.2, -0.15) is 0 Å². The number of nitrogens with one attached hydrogen (secondary N) is 1. The topological polar surface area (TPSA) is 80.0 Å². The van der Waals surface area contributed by atoms with Crippen molar-refractivity contribution in [1.82, 2.24) is 19.9 Å². The van der Waals surface area contributed by atoms with Crippen molar-refractivity contribution < 1.29 is 9.90 Å². The van der Waals surface area contributed by atoms with E-state index in [1.54, 1.807) is 18.7 Å². The molecule has 0 spiro atoms. The van der Waals surface area contributed by atoms with Gasteiger partial charge in [0.2, 0.25) is 5.91 Å². The van der Waals surface area contributed by atoms with Gasteiger partial charge >= 0.3 is 0 Å². The number of imidazole rings is 1. The third-order valence-electron chi connectivity index (χ3n) is 4.34. The summed E-state index contributed by atoms with van der Waals surface area (Å²) >= 11 is 0. The first-order valence-electron chi connectivity index (χ1n) is 8.07. The van der Waals surface area contributed by atoms with E-state index in [0.717, 1.165) is 43.5 Å². The lowest BCUT2D eigenvalue weighted by Gasteiger charge is -2.31. The van der Waals surface area contributed by atoms with Crippen LogP contribution in [0.1, 0.15) is 44.1 Å². The standard InChI is InChI=1S/C17H22N4O2/c22-16(10-17(23)6-2-1-3-7-17)20-12-14-4-5-15(19-11-14)21-9-8-18-13-21/h4-5,8-9,11,13,23H,1-3,6-7,10,12H2,(H,20,22). The molecule has 0 saturated heterocycles. The fraction of sp³-hybridized carbons (Fsp3) is 0.471. The summed E-state index contributed by atoms with van der Waals surface area (Å²) in [6, 6.07) is 3.82. The van der Waals surface area contributed by atoms with E-state index in [-0.39, 0.29) is 12.3 Å². The van der Waals surface area contributed by atoms with Crippen LogP contribution in [0.5, 0.6) is 0 Å². The highest BCUT2D eigenvalue weighted by Crippen LogP contribution is 2.30. The maximum Gasteiger partial charge on any atom is 0.223 e. The van der Waals surface area contributed by atoms with E-state index >= 15 is 0 Å². The van der Waals surface area contributed by atoms with Crippen LogP contribution in [0.4, 0.5) is 0 Å². The normalized spacial score (nSPS) is 16.9. The molecule has 0 unspecified atom stereocenters. The molecule has 1 amide bonds. The summed E-state index contributed by atoms with van der Waals surface area (Å²) in [6.07, 6.45) is 11.8. The molecule has 2 aromatic rings. The predicted molar refractivity (Wildman–Crippen MR) is 85.9 cm³/mol. The smallest absolute Gasteiger partial charge is 0.223 e. The third kappa shape index (κ3) is 4.16. The first-order chi connectivity index (χ1) is 11.1. The monoisotopic (exact) mass is 314 g/mol. The Kier molecular flexibility index (Phi) is 4.71. The summed E-state index contributed by atoms with van der Waals surface area (Å²) in [6.45, 7) is 0.423. The third-order valence-corrected chi connectivity index (χ3v) is 4.34. The molecule has 23 heavy (non-hydrogen) atoms. The summed E-state index contributed by atoms with van der Waals surface area (Å²) in [5.41, 5.74) is 0.115. The zero-order valence-corrected chi connectivity index (χ0v) is 13.1. The highest BCUT2D eigenvalue weighted by Gasteiger charge is 2.31. The average Bonchev–Trinajstić information content (AvgIpc) is 3.08. The summed E-state index contributed by atoms with van der Waals surface area (Å²) in [5, 5.41) is 13.3. The highest BCUT2D eigenvalue weighted by molar-refractivity contribution is 5.77. The Morgan fingerprint density at radius 2 is 2.13 bits per heavy atom. The van der Waals surface area contributed by atoms with E-state index in [1.165, 1.54) is 0 Å². The van der Waals surface area contributed by atoms with E-state index in [0.29, 0.717) is 6.54 Å². The Bertz CT molecular complexity index is 631. The van der Waals surface area contributed by atoms with Crippen molar-refractivity contribution in [2.24, 2.45) is 0 Å².